The first kappa shape index (κ1) is 17.3. The maximum atomic E-state index is 12.2. The zero-order valence-electron chi connectivity index (χ0n) is 12.2. The lowest BCUT2D eigenvalue weighted by atomic mass is 10.2. The third-order valence-corrected chi connectivity index (χ3v) is 3.72. The molecule has 0 saturated carbocycles. The van der Waals surface area contributed by atoms with Crippen molar-refractivity contribution in [1.29, 1.82) is 0 Å². The molecule has 0 heterocycles. The van der Waals surface area contributed by atoms with Gasteiger partial charge in [-0.05, 0) is 36.4 Å². The highest BCUT2D eigenvalue weighted by molar-refractivity contribution is 6.44. The largest absolute Gasteiger partial charge is 0.375 e. The number of hydrogen-bond acceptors (Lipinski definition) is 3. The first-order valence-electron chi connectivity index (χ1n) is 6.65. The molecule has 0 fully saturated rings. The number of anilines is 2. The highest BCUT2D eigenvalue weighted by atomic mass is 35.5. The Kier molecular flexibility index (Phi) is 5.98. The van der Waals surface area contributed by atoms with Crippen molar-refractivity contribution in [2.24, 2.45) is 0 Å². The fraction of sp³-hybridized carbons (Fsp3) is 0.125. The van der Waals surface area contributed by atoms with E-state index in [1.807, 2.05) is 0 Å². The minimum atomic E-state index is -0.367. The number of benzene rings is 2. The predicted octanol–water partition coefficient (Wildman–Crippen LogP) is 3.83. The van der Waals surface area contributed by atoms with Crippen LogP contribution in [-0.4, -0.2) is 25.5 Å². The van der Waals surface area contributed by atoms with Crippen LogP contribution in [0.15, 0.2) is 42.5 Å². The molecule has 2 N–H and O–H groups in total. The number of hydrogen-bond donors (Lipinski definition) is 2. The van der Waals surface area contributed by atoms with Gasteiger partial charge in [0, 0.05) is 18.5 Å². The molecule has 0 aliphatic rings. The number of amides is 2. The van der Waals surface area contributed by atoms with Gasteiger partial charge in [0.15, 0.2) is 0 Å². The van der Waals surface area contributed by atoms with Crippen LogP contribution in [0, 0.1) is 0 Å². The summed E-state index contributed by atoms with van der Waals surface area (Å²) in [4.78, 5) is 23.6. The topological polar surface area (TPSA) is 67.4 Å². The maximum Gasteiger partial charge on any atom is 0.257 e. The van der Waals surface area contributed by atoms with Gasteiger partial charge >= 0.3 is 0 Å². The van der Waals surface area contributed by atoms with Crippen molar-refractivity contribution in [2.75, 3.05) is 24.4 Å². The van der Waals surface area contributed by atoms with Crippen molar-refractivity contribution in [2.45, 2.75) is 0 Å². The molecule has 0 spiro atoms. The van der Waals surface area contributed by atoms with E-state index in [0.717, 1.165) is 0 Å². The van der Waals surface area contributed by atoms with Crippen LogP contribution >= 0.6 is 23.2 Å². The van der Waals surface area contributed by atoms with Gasteiger partial charge in [0.1, 0.15) is 6.61 Å². The Morgan fingerprint density at radius 2 is 1.61 bits per heavy atom. The highest BCUT2D eigenvalue weighted by Gasteiger charge is 2.12. The molecule has 2 aromatic rings. The first-order valence-corrected chi connectivity index (χ1v) is 7.41. The Bertz CT molecular complexity index is 718. The molecule has 0 atom stereocenters. The van der Waals surface area contributed by atoms with E-state index in [-0.39, 0.29) is 29.0 Å². The van der Waals surface area contributed by atoms with Gasteiger partial charge < -0.3 is 15.4 Å². The highest BCUT2D eigenvalue weighted by Crippen LogP contribution is 2.26. The summed E-state index contributed by atoms with van der Waals surface area (Å²) in [6.45, 7) is -0.0221. The molecule has 0 aliphatic carbocycles. The Morgan fingerprint density at radius 3 is 2.22 bits per heavy atom. The smallest absolute Gasteiger partial charge is 0.257 e. The summed E-state index contributed by atoms with van der Waals surface area (Å²) in [7, 11) is 1.44. The minimum Gasteiger partial charge on any atom is -0.375 e. The number of nitrogens with one attached hydrogen (secondary N) is 2. The quantitative estimate of drug-likeness (QED) is 0.859. The molecule has 0 saturated heterocycles. The van der Waals surface area contributed by atoms with Crippen LogP contribution in [0.3, 0.4) is 0 Å². The number of carbonyl (C=O) groups excluding carboxylic acids is 2. The molecule has 2 aromatic carbocycles. The average Bonchev–Trinajstić information content (AvgIpc) is 2.52. The lowest BCUT2D eigenvalue weighted by Crippen LogP contribution is -2.17. The summed E-state index contributed by atoms with van der Waals surface area (Å²) in [6.07, 6.45) is 0. The average molecular weight is 353 g/mol. The number of ether oxygens (including phenoxy) is 1. The summed E-state index contributed by atoms with van der Waals surface area (Å²) < 4.78 is 4.73. The van der Waals surface area contributed by atoms with Crippen LogP contribution in [0.4, 0.5) is 11.4 Å². The third-order valence-electron chi connectivity index (χ3n) is 2.90. The molecule has 0 radical (unpaired) electrons. The van der Waals surface area contributed by atoms with Gasteiger partial charge in [0.25, 0.3) is 5.91 Å². The number of carbonyl (C=O) groups is 2. The van der Waals surface area contributed by atoms with E-state index in [4.69, 9.17) is 27.9 Å². The molecular weight excluding hydrogens is 339 g/mol. The fourth-order valence-corrected chi connectivity index (χ4v) is 2.23. The Morgan fingerprint density at radius 1 is 1.00 bits per heavy atom. The molecule has 0 unspecified atom stereocenters. The minimum absolute atomic E-state index is 0.0221. The molecular formula is C16H14Cl2N2O3. The van der Waals surface area contributed by atoms with E-state index in [2.05, 4.69) is 10.6 Å². The lowest BCUT2D eigenvalue weighted by Gasteiger charge is -2.09. The van der Waals surface area contributed by atoms with Crippen LogP contribution < -0.4 is 10.6 Å². The predicted molar refractivity (Wildman–Crippen MR) is 91.4 cm³/mol. The van der Waals surface area contributed by atoms with E-state index in [0.29, 0.717) is 16.4 Å². The van der Waals surface area contributed by atoms with Crippen molar-refractivity contribution in [3.05, 3.63) is 58.1 Å². The molecule has 7 heteroatoms. The third kappa shape index (κ3) is 4.69. The zero-order valence-corrected chi connectivity index (χ0v) is 13.7. The van der Waals surface area contributed by atoms with Gasteiger partial charge in [-0.25, -0.2) is 0 Å². The summed E-state index contributed by atoms with van der Waals surface area (Å²) in [6, 6.07) is 11.5. The van der Waals surface area contributed by atoms with Gasteiger partial charge in [-0.3, -0.25) is 9.59 Å². The molecule has 23 heavy (non-hydrogen) atoms. The van der Waals surface area contributed by atoms with E-state index in [1.165, 1.54) is 7.11 Å². The first-order chi connectivity index (χ1) is 11.0. The molecule has 0 aliphatic heterocycles. The van der Waals surface area contributed by atoms with Crippen molar-refractivity contribution >= 4 is 46.4 Å². The number of rotatable bonds is 5. The summed E-state index contributed by atoms with van der Waals surface area (Å²) in [5, 5.41) is 5.89. The molecule has 120 valence electrons. The van der Waals surface area contributed by atoms with Crippen LogP contribution in [0.25, 0.3) is 0 Å². The van der Waals surface area contributed by atoms with Crippen molar-refractivity contribution in [1.82, 2.24) is 0 Å². The van der Waals surface area contributed by atoms with Gasteiger partial charge in [0.05, 0.1) is 15.6 Å². The molecule has 0 aromatic heterocycles. The standard InChI is InChI=1S/C16H14Cl2N2O3/c1-23-9-14(21)19-10-5-7-11(8-6-10)20-16(22)12-3-2-4-13(17)15(12)18/h2-8H,9H2,1H3,(H,19,21)(H,20,22). The molecule has 2 amide bonds. The fourth-order valence-electron chi connectivity index (χ4n) is 1.84. The second-order valence-corrected chi connectivity index (χ2v) is 5.40. The van der Waals surface area contributed by atoms with Gasteiger partial charge in [-0.1, -0.05) is 29.3 Å². The van der Waals surface area contributed by atoms with Crippen LogP contribution in [-0.2, 0) is 9.53 Å². The summed E-state index contributed by atoms with van der Waals surface area (Å²) in [5.74, 6) is -0.622. The second kappa shape index (κ2) is 7.97. The second-order valence-electron chi connectivity index (χ2n) is 4.61. The van der Waals surface area contributed by atoms with E-state index in [9.17, 15) is 9.59 Å². The Balaban J connectivity index is 2.04. The monoisotopic (exact) mass is 352 g/mol. The van der Waals surface area contributed by atoms with Gasteiger partial charge in [-0.2, -0.15) is 0 Å². The summed E-state index contributed by atoms with van der Waals surface area (Å²) in [5.41, 5.74) is 1.46. The SMILES string of the molecule is COCC(=O)Nc1ccc(NC(=O)c2cccc(Cl)c2Cl)cc1. The van der Waals surface area contributed by atoms with Gasteiger partial charge in [0.2, 0.25) is 5.91 Å². The van der Waals surface area contributed by atoms with E-state index in [1.54, 1.807) is 42.5 Å². The molecule has 2 rings (SSSR count). The van der Waals surface area contributed by atoms with Gasteiger partial charge in [-0.15, -0.1) is 0 Å². The van der Waals surface area contributed by atoms with E-state index < -0.39 is 0 Å². The van der Waals surface area contributed by atoms with Crippen molar-refractivity contribution in [3.63, 3.8) is 0 Å². The summed E-state index contributed by atoms with van der Waals surface area (Å²) >= 11 is 11.9. The lowest BCUT2D eigenvalue weighted by molar-refractivity contribution is -0.119. The normalized spacial score (nSPS) is 10.2. The van der Waals surface area contributed by atoms with Crippen LogP contribution in [0.1, 0.15) is 10.4 Å². The molecule has 5 nitrogen and oxygen atoms in total. The molecule has 0 bridgehead atoms. The van der Waals surface area contributed by atoms with E-state index >= 15 is 0 Å². The van der Waals surface area contributed by atoms with Crippen molar-refractivity contribution < 1.29 is 14.3 Å². The van der Waals surface area contributed by atoms with Crippen molar-refractivity contribution in [3.8, 4) is 0 Å². The number of methoxy groups -OCH3 is 1. The Hall–Kier alpha value is -2.08. The zero-order chi connectivity index (χ0) is 16.8. The number of halogens is 2. The van der Waals surface area contributed by atoms with Crippen LogP contribution in [0.5, 0.6) is 0 Å². The Labute approximate surface area is 143 Å². The maximum absolute atomic E-state index is 12.2. The van der Waals surface area contributed by atoms with Crippen LogP contribution in [0.2, 0.25) is 10.0 Å².